The van der Waals surface area contributed by atoms with Gasteiger partial charge in [-0.1, -0.05) is 26.0 Å². The molecule has 0 aromatic carbocycles. The molecule has 1 saturated heterocycles. The Bertz CT molecular complexity index is 990. The van der Waals surface area contributed by atoms with Crippen molar-refractivity contribution < 1.29 is 28.6 Å². The second kappa shape index (κ2) is 6.89. The SMILES string of the molecule is CC(=O)OCC(=O)[C@H]1[C@H](C)C[C@H]2[C@@H]3CC=C4C=C(OC(C)=O)C=C[C@]4(C)[C@@]34O[C@H]4C[C@@]21C. The number of rotatable bonds is 4. The topological polar surface area (TPSA) is 82.2 Å². The Morgan fingerprint density at radius 2 is 1.91 bits per heavy atom. The summed E-state index contributed by atoms with van der Waals surface area (Å²) in [7, 11) is 0. The van der Waals surface area contributed by atoms with Gasteiger partial charge in [-0.2, -0.15) is 0 Å². The van der Waals surface area contributed by atoms with Crippen LogP contribution in [0.1, 0.15) is 53.9 Å². The summed E-state index contributed by atoms with van der Waals surface area (Å²) in [4.78, 5) is 35.8. The third-order valence-corrected chi connectivity index (χ3v) is 9.08. The van der Waals surface area contributed by atoms with Gasteiger partial charge in [0.15, 0.2) is 5.78 Å². The van der Waals surface area contributed by atoms with E-state index in [1.165, 1.54) is 13.8 Å². The molecule has 6 nitrogen and oxygen atoms in total. The summed E-state index contributed by atoms with van der Waals surface area (Å²) in [6.45, 7) is 9.26. The van der Waals surface area contributed by atoms with Gasteiger partial charge in [0.1, 0.15) is 18.0 Å². The number of esters is 2. The van der Waals surface area contributed by atoms with Gasteiger partial charge in [-0.3, -0.25) is 14.4 Å². The average Bonchev–Trinajstić information content (AvgIpc) is 3.34. The lowest BCUT2D eigenvalue weighted by molar-refractivity contribution is -0.149. The lowest BCUT2D eigenvalue weighted by atomic mass is 9.48. The summed E-state index contributed by atoms with van der Waals surface area (Å²) >= 11 is 0. The van der Waals surface area contributed by atoms with Gasteiger partial charge in [-0.15, -0.1) is 0 Å². The van der Waals surface area contributed by atoms with Crippen molar-refractivity contribution in [3.8, 4) is 0 Å². The molecule has 1 spiro atoms. The minimum atomic E-state index is -0.415. The standard InChI is InChI=1S/C26H32O6/c1-14-10-20-19-7-6-17-11-18(31-16(3)28)8-9-25(17,5)26(19)22(32-26)12-24(20,4)23(14)21(29)13-30-15(2)27/h6,8-9,11,14,19-20,22-23H,7,10,12-13H2,1-5H3/t14-,19+,20+,22+,23-,24+,25+,26-/m1/s1. The van der Waals surface area contributed by atoms with Crippen LogP contribution in [0.3, 0.4) is 0 Å². The van der Waals surface area contributed by atoms with Gasteiger partial charge in [0.2, 0.25) is 0 Å². The number of epoxide rings is 1. The Hall–Kier alpha value is -2.21. The quantitative estimate of drug-likeness (QED) is 0.487. The average molecular weight is 441 g/mol. The molecule has 0 aromatic rings. The Morgan fingerprint density at radius 3 is 2.59 bits per heavy atom. The lowest BCUT2D eigenvalue weighted by Crippen LogP contribution is -2.56. The number of carbonyl (C=O) groups excluding carboxylic acids is 3. The molecule has 0 aromatic heterocycles. The molecule has 32 heavy (non-hydrogen) atoms. The summed E-state index contributed by atoms with van der Waals surface area (Å²) in [5, 5.41) is 0. The highest BCUT2D eigenvalue weighted by Gasteiger charge is 2.79. The second-order valence-electron chi connectivity index (χ2n) is 10.8. The highest BCUT2D eigenvalue weighted by molar-refractivity contribution is 5.85. The van der Waals surface area contributed by atoms with Crippen LogP contribution in [-0.4, -0.2) is 36.0 Å². The van der Waals surface area contributed by atoms with Crippen molar-refractivity contribution in [2.45, 2.75) is 65.6 Å². The van der Waals surface area contributed by atoms with Crippen molar-refractivity contribution in [3.05, 3.63) is 35.6 Å². The largest absolute Gasteiger partial charge is 0.458 e. The van der Waals surface area contributed by atoms with Crippen LogP contribution in [0.5, 0.6) is 0 Å². The summed E-state index contributed by atoms with van der Waals surface area (Å²) in [6, 6.07) is 0. The number of carbonyl (C=O) groups is 3. The monoisotopic (exact) mass is 440 g/mol. The number of ether oxygens (including phenoxy) is 3. The van der Waals surface area contributed by atoms with E-state index < -0.39 is 5.97 Å². The third kappa shape index (κ3) is 2.77. The van der Waals surface area contributed by atoms with Gasteiger partial charge in [0, 0.05) is 25.2 Å². The molecular formula is C26H32O6. The first-order chi connectivity index (χ1) is 15.0. The summed E-state index contributed by atoms with van der Waals surface area (Å²) in [6.07, 6.45) is 11.1. The van der Waals surface area contributed by atoms with Crippen LogP contribution >= 0.6 is 0 Å². The first-order valence-corrected chi connectivity index (χ1v) is 11.7. The smallest absolute Gasteiger partial charge is 0.308 e. The Balaban J connectivity index is 1.46. The van der Waals surface area contributed by atoms with E-state index in [1.807, 2.05) is 12.2 Å². The molecule has 8 atom stereocenters. The van der Waals surface area contributed by atoms with E-state index >= 15 is 0 Å². The van der Waals surface area contributed by atoms with Crippen molar-refractivity contribution in [2.24, 2.45) is 34.5 Å². The van der Waals surface area contributed by atoms with Crippen molar-refractivity contribution in [3.63, 3.8) is 0 Å². The van der Waals surface area contributed by atoms with E-state index in [-0.39, 0.29) is 52.7 Å². The third-order valence-electron chi connectivity index (χ3n) is 9.08. The zero-order valence-electron chi connectivity index (χ0n) is 19.5. The van der Waals surface area contributed by atoms with Crippen LogP contribution in [0.2, 0.25) is 0 Å². The number of fused-ring (bicyclic) bond motifs is 3. The molecule has 5 rings (SSSR count). The van der Waals surface area contributed by atoms with Crippen LogP contribution in [0.25, 0.3) is 0 Å². The summed E-state index contributed by atoms with van der Waals surface area (Å²) in [5.41, 5.74) is 0.426. The number of allylic oxidation sites excluding steroid dienone is 3. The molecule has 0 amide bonds. The fraction of sp³-hybridized carbons (Fsp3) is 0.654. The fourth-order valence-electron chi connectivity index (χ4n) is 7.94. The van der Waals surface area contributed by atoms with Crippen LogP contribution in [0, 0.1) is 34.5 Å². The van der Waals surface area contributed by atoms with Gasteiger partial charge in [-0.25, -0.2) is 0 Å². The molecule has 1 heterocycles. The highest BCUT2D eigenvalue weighted by Crippen LogP contribution is 2.75. The maximum atomic E-state index is 13.1. The second-order valence-corrected chi connectivity index (χ2v) is 10.8. The lowest BCUT2D eigenvalue weighted by Gasteiger charge is -2.53. The highest BCUT2D eigenvalue weighted by atomic mass is 16.6. The van der Waals surface area contributed by atoms with Gasteiger partial charge in [0.25, 0.3) is 0 Å². The normalized spacial score (nSPS) is 45.3. The molecule has 0 N–H and O–H groups in total. The number of ketones is 1. The van der Waals surface area contributed by atoms with Crippen LogP contribution < -0.4 is 0 Å². The number of hydrogen-bond acceptors (Lipinski definition) is 6. The molecule has 172 valence electrons. The van der Waals surface area contributed by atoms with E-state index in [2.05, 4.69) is 32.9 Å². The summed E-state index contributed by atoms with van der Waals surface area (Å²) in [5.74, 6) is 0.682. The van der Waals surface area contributed by atoms with Crippen LogP contribution in [-0.2, 0) is 28.6 Å². The first-order valence-electron chi connectivity index (χ1n) is 11.7. The Labute approximate surface area is 189 Å². The zero-order valence-corrected chi connectivity index (χ0v) is 19.5. The minimum absolute atomic E-state index is 0.0376. The van der Waals surface area contributed by atoms with Gasteiger partial charge < -0.3 is 14.2 Å². The van der Waals surface area contributed by atoms with Gasteiger partial charge in [0.05, 0.1) is 6.10 Å². The first kappa shape index (κ1) is 21.6. The number of hydrogen-bond donors (Lipinski definition) is 0. The van der Waals surface area contributed by atoms with E-state index in [4.69, 9.17) is 14.2 Å². The van der Waals surface area contributed by atoms with Crippen molar-refractivity contribution in [1.29, 1.82) is 0 Å². The maximum Gasteiger partial charge on any atom is 0.308 e. The van der Waals surface area contributed by atoms with Crippen LogP contribution in [0.15, 0.2) is 35.6 Å². The Kier molecular flexibility index (Phi) is 4.66. The van der Waals surface area contributed by atoms with Crippen molar-refractivity contribution >= 4 is 17.7 Å². The fourth-order valence-corrected chi connectivity index (χ4v) is 7.94. The van der Waals surface area contributed by atoms with Gasteiger partial charge in [-0.05, 0) is 67.1 Å². The molecule has 1 aliphatic heterocycles. The predicted octanol–water partition coefficient (Wildman–Crippen LogP) is 3.91. The van der Waals surface area contributed by atoms with Gasteiger partial charge >= 0.3 is 11.9 Å². The maximum absolute atomic E-state index is 13.1. The Morgan fingerprint density at radius 1 is 1.16 bits per heavy atom. The summed E-state index contributed by atoms with van der Waals surface area (Å²) < 4.78 is 17.0. The van der Waals surface area contributed by atoms with E-state index in [9.17, 15) is 14.4 Å². The molecule has 6 heteroatoms. The van der Waals surface area contributed by atoms with Crippen molar-refractivity contribution in [2.75, 3.05) is 6.61 Å². The van der Waals surface area contributed by atoms with Crippen molar-refractivity contribution in [1.82, 2.24) is 0 Å². The molecule has 3 fully saturated rings. The molecule has 4 aliphatic carbocycles. The molecule has 0 unspecified atom stereocenters. The van der Waals surface area contributed by atoms with E-state index in [0.29, 0.717) is 17.6 Å². The predicted molar refractivity (Wildman–Crippen MR) is 116 cm³/mol. The zero-order chi connectivity index (χ0) is 23.1. The molecule has 2 saturated carbocycles. The molecule has 5 aliphatic rings. The van der Waals surface area contributed by atoms with E-state index in [0.717, 1.165) is 24.8 Å². The molecular weight excluding hydrogens is 408 g/mol. The minimum Gasteiger partial charge on any atom is -0.458 e. The number of Topliss-reactive ketones (excluding diaryl/α,β-unsaturated/α-hetero) is 1. The van der Waals surface area contributed by atoms with Crippen LogP contribution in [0.4, 0.5) is 0 Å². The molecule has 0 radical (unpaired) electrons. The van der Waals surface area contributed by atoms with E-state index in [1.54, 1.807) is 0 Å². The molecule has 0 bridgehead atoms.